The van der Waals surface area contributed by atoms with Crippen LogP contribution in [0.5, 0.6) is 5.75 Å². The minimum absolute atomic E-state index is 0.0684. The summed E-state index contributed by atoms with van der Waals surface area (Å²) in [5.74, 6) is -2.67. The molecule has 2 aromatic rings. The molecule has 2 aliphatic heterocycles. The second-order valence-electron chi connectivity index (χ2n) is 8.00. The number of pyridine rings is 1. The zero-order valence-corrected chi connectivity index (χ0v) is 19.6. The normalized spacial score (nSPS) is 19.6. The van der Waals surface area contributed by atoms with Crippen LogP contribution in [0.25, 0.3) is 0 Å². The number of hydrogen-bond acceptors (Lipinski definition) is 10. The van der Waals surface area contributed by atoms with Crippen molar-refractivity contribution in [3.05, 3.63) is 70.5 Å². The highest BCUT2D eigenvalue weighted by molar-refractivity contribution is 8.02. The van der Waals surface area contributed by atoms with E-state index in [1.807, 2.05) is 12.1 Å². The zero-order valence-electron chi connectivity index (χ0n) is 18.8. The summed E-state index contributed by atoms with van der Waals surface area (Å²) in [5, 5.41) is 40.3. The van der Waals surface area contributed by atoms with E-state index in [-0.39, 0.29) is 28.9 Å². The molecule has 1 amide bonds. The molecule has 0 aliphatic carbocycles. The number of carbonyl (C=O) groups excluding carboxylic acids is 1. The fraction of sp³-hybridized carbons (Fsp3) is 0.273. The molecule has 0 radical (unpaired) electrons. The van der Waals surface area contributed by atoms with E-state index in [1.54, 1.807) is 41.9 Å². The van der Waals surface area contributed by atoms with Crippen LogP contribution in [0.1, 0.15) is 21.5 Å². The molecule has 1 aromatic heterocycles. The van der Waals surface area contributed by atoms with Gasteiger partial charge in [0.2, 0.25) is 0 Å². The van der Waals surface area contributed by atoms with E-state index in [2.05, 4.69) is 20.8 Å². The van der Waals surface area contributed by atoms with Crippen LogP contribution < -0.4 is 15.3 Å². The van der Waals surface area contributed by atoms with Crippen LogP contribution in [0.3, 0.4) is 0 Å². The van der Waals surface area contributed by atoms with Gasteiger partial charge in [-0.15, -0.1) is 0 Å². The van der Waals surface area contributed by atoms with Crippen LogP contribution in [-0.2, 0) is 17.6 Å². The molecule has 0 spiro atoms. The third-order valence-electron chi connectivity index (χ3n) is 5.75. The van der Waals surface area contributed by atoms with Crippen LogP contribution in [0.4, 0.5) is 0 Å². The van der Waals surface area contributed by atoms with Crippen LogP contribution >= 0.6 is 11.8 Å². The molecule has 0 saturated carbocycles. The number of carboxylic acid groups (broad SMARTS) is 1. The van der Waals surface area contributed by atoms with Gasteiger partial charge >= 0.3 is 13.1 Å². The van der Waals surface area contributed by atoms with Crippen LogP contribution in [0.15, 0.2) is 59.0 Å². The lowest BCUT2D eigenvalue weighted by molar-refractivity contribution is -0.115. The third-order valence-corrected chi connectivity index (χ3v) is 6.85. The number of hydrogen-bond donors (Lipinski definition) is 5. The van der Waals surface area contributed by atoms with E-state index < -0.39 is 24.9 Å². The molecule has 13 heteroatoms. The third kappa shape index (κ3) is 5.42. The number of carbonyl (C=O) groups is 2. The molecular weight excluding hydrogens is 473 g/mol. The van der Waals surface area contributed by atoms with Crippen LogP contribution in [-0.4, -0.2) is 75.0 Å². The van der Waals surface area contributed by atoms with Gasteiger partial charge in [-0.05, 0) is 42.2 Å². The molecule has 0 saturated heterocycles. The minimum atomic E-state index is -1.47. The van der Waals surface area contributed by atoms with Crippen molar-refractivity contribution in [1.82, 2.24) is 20.5 Å². The Morgan fingerprint density at radius 2 is 2.09 bits per heavy atom. The number of aromatic carboxylic acids is 1. The number of benzene rings is 1. The predicted molar refractivity (Wildman–Crippen MR) is 130 cm³/mol. The molecule has 35 heavy (non-hydrogen) atoms. The molecule has 5 N–H and O–H groups in total. The van der Waals surface area contributed by atoms with Gasteiger partial charge in [0.1, 0.15) is 11.2 Å². The van der Waals surface area contributed by atoms with E-state index in [9.17, 15) is 24.9 Å². The summed E-state index contributed by atoms with van der Waals surface area (Å²) in [4.78, 5) is 30.2. The Morgan fingerprint density at radius 3 is 2.80 bits per heavy atom. The van der Waals surface area contributed by atoms with Gasteiger partial charge in [0, 0.05) is 31.4 Å². The largest absolute Gasteiger partial charge is 0.547 e. The summed E-state index contributed by atoms with van der Waals surface area (Å²) < 4.78 is 5.41. The summed E-state index contributed by atoms with van der Waals surface area (Å²) >= 11 is 1.44. The summed E-state index contributed by atoms with van der Waals surface area (Å²) in [6.45, 7) is 0.689. The second kappa shape index (κ2) is 10.8. The number of carboxylic acids is 1. The molecule has 182 valence electrons. The first-order valence-electron chi connectivity index (χ1n) is 10.8. The highest BCUT2D eigenvalue weighted by Crippen LogP contribution is 2.31. The van der Waals surface area contributed by atoms with Gasteiger partial charge in [-0.25, -0.2) is 4.79 Å². The average molecular weight is 497 g/mol. The number of aromatic nitrogens is 1. The Hall–Kier alpha value is -3.55. The highest BCUT2D eigenvalue weighted by atomic mass is 32.2. The first-order valence-corrected chi connectivity index (χ1v) is 11.8. The Bertz CT molecular complexity index is 1160. The summed E-state index contributed by atoms with van der Waals surface area (Å²) in [7, 11) is 0.301. The summed E-state index contributed by atoms with van der Waals surface area (Å²) in [6, 6.07) is 8.51. The number of nitrogens with zero attached hydrogens (tertiary/aromatic N) is 3. The van der Waals surface area contributed by atoms with E-state index in [0.29, 0.717) is 17.8 Å². The standard InChI is InChI=1S/C22H24BN5O6S/c1-28-16(12-35-22(28)25-10-7-13-5-8-24-9-6-13)18(27-33)20(29)26-17-11-14-3-2-4-15(21(30)31)19(14)34-23(17)32/h2-6,8-9,12,17,22,25,32-33H,7,10-11H2,1H3,(H,26,29)(H,30,31)/b27-18-/t17-,22?/m0/s1. The number of amides is 1. The number of para-hydroxylation sites is 1. The number of fused-ring (bicyclic) bond motifs is 1. The first kappa shape index (κ1) is 24.6. The fourth-order valence-electron chi connectivity index (χ4n) is 3.89. The molecule has 0 fully saturated rings. The lowest BCUT2D eigenvalue weighted by atomic mass is 9.72. The number of nitrogens with one attached hydrogen (secondary N) is 2. The van der Waals surface area contributed by atoms with E-state index in [4.69, 9.17) is 4.65 Å². The van der Waals surface area contributed by atoms with Gasteiger partial charge in [0.15, 0.2) is 5.71 Å². The lowest BCUT2D eigenvalue weighted by Crippen LogP contribution is -2.55. The zero-order chi connectivity index (χ0) is 24.9. The predicted octanol–water partition coefficient (Wildman–Crippen LogP) is 0.685. The highest BCUT2D eigenvalue weighted by Gasteiger charge is 2.39. The Kier molecular flexibility index (Phi) is 7.59. The van der Waals surface area contributed by atoms with Gasteiger partial charge < -0.3 is 30.2 Å². The van der Waals surface area contributed by atoms with E-state index >= 15 is 0 Å². The van der Waals surface area contributed by atoms with Crippen molar-refractivity contribution in [1.29, 1.82) is 0 Å². The number of rotatable bonds is 8. The van der Waals surface area contributed by atoms with Crippen molar-refractivity contribution in [2.45, 2.75) is 24.3 Å². The fourth-order valence-corrected chi connectivity index (χ4v) is 4.94. The van der Waals surface area contributed by atoms with E-state index in [1.165, 1.54) is 17.8 Å². The van der Waals surface area contributed by atoms with Crippen LogP contribution in [0.2, 0.25) is 0 Å². The molecule has 2 atom stereocenters. The van der Waals surface area contributed by atoms with Gasteiger partial charge in [0.25, 0.3) is 5.91 Å². The SMILES string of the molecule is CN1C(/C(=N/O)C(=O)N[C@H]2Cc3cccc(C(=O)O)c3OB2O)=CSC1NCCc1ccncc1. The van der Waals surface area contributed by atoms with E-state index in [0.717, 1.165) is 12.0 Å². The van der Waals surface area contributed by atoms with Crippen molar-refractivity contribution >= 4 is 36.5 Å². The molecule has 2 aliphatic rings. The van der Waals surface area contributed by atoms with Gasteiger partial charge in [0.05, 0.1) is 17.2 Å². The van der Waals surface area contributed by atoms with Crippen molar-refractivity contribution in [3.63, 3.8) is 0 Å². The summed E-state index contributed by atoms with van der Waals surface area (Å²) in [6.07, 6.45) is 4.43. The van der Waals surface area contributed by atoms with Crippen molar-refractivity contribution in [2.75, 3.05) is 13.6 Å². The molecular formula is C22H24BN5O6S. The van der Waals surface area contributed by atoms with Crippen molar-refractivity contribution in [3.8, 4) is 5.75 Å². The maximum atomic E-state index is 12.9. The quantitative estimate of drug-likeness (QED) is 0.152. The lowest BCUT2D eigenvalue weighted by Gasteiger charge is -2.29. The molecule has 1 aromatic carbocycles. The maximum Gasteiger partial charge on any atom is 0.547 e. The molecule has 4 rings (SSSR count). The topological polar surface area (TPSA) is 157 Å². The second-order valence-corrected chi connectivity index (χ2v) is 8.96. The minimum Gasteiger partial charge on any atom is -0.534 e. The molecule has 0 bridgehead atoms. The van der Waals surface area contributed by atoms with Gasteiger partial charge in [-0.2, -0.15) is 0 Å². The number of thioether (sulfide) groups is 1. The molecule has 11 nitrogen and oxygen atoms in total. The average Bonchev–Trinajstić information content (AvgIpc) is 3.20. The van der Waals surface area contributed by atoms with Crippen molar-refractivity contribution in [2.24, 2.45) is 5.16 Å². The monoisotopic (exact) mass is 497 g/mol. The van der Waals surface area contributed by atoms with Gasteiger partial charge in [-0.1, -0.05) is 29.1 Å². The smallest absolute Gasteiger partial charge is 0.534 e. The Morgan fingerprint density at radius 1 is 1.31 bits per heavy atom. The Balaban J connectivity index is 1.36. The number of oxime groups is 1. The first-order chi connectivity index (χ1) is 16.9. The Labute approximate surface area is 206 Å². The maximum absolute atomic E-state index is 12.9. The summed E-state index contributed by atoms with van der Waals surface area (Å²) in [5.41, 5.74) is 1.65. The molecule has 3 heterocycles. The van der Waals surface area contributed by atoms with Crippen molar-refractivity contribution < 1.29 is 29.6 Å². The van der Waals surface area contributed by atoms with Gasteiger partial charge in [-0.3, -0.25) is 15.1 Å². The van der Waals surface area contributed by atoms with Crippen LogP contribution in [0, 0.1) is 0 Å². The molecule has 1 unspecified atom stereocenters.